The lowest BCUT2D eigenvalue weighted by Gasteiger charge is -2.20. The van der Waals surface area contributed by atoms with Gasteiger partial charge in [-0.25, -0.2) is 13.2 Å². The van der Waals surface area contributed by atoms with Crippen LogP contribution >= 0.6 is 34.8 Å². The number of carbonyl (C=O) groups is 4. The monoisotopic (exact) mass is 662 g/mol. The largest absolute Gasteiger partial charge is 0.494 e. The minimum Gasteiger partial charge on any atom is -0.494 e. The number of Topliss-reactive ketones (excluding diaryl/α,β-unsaturated/α-hetero) is 3. The van der Waals surface area contributed by atoms with Gasteiger partial charge in [0.2, 0.25) is 0 Å². The zero-order valence-electron chi connectivity index (χ0n) is 22.8. The van der Waals surface area contributed by atoms with E-state index in [0.717, 1.165) is 19.1 Å². The Hall–Kier alpha value is -2.54. The fourth-order valence-corrected chi connectivity index (χ4v) is 6.39. The Morgan fingerprint density at radius 2 is 1.67 bits per heavy atom. The zero-order chi connectivity index (χ0) is 31.2. The Morgan fingerprint density at radius 1 is 1.02 bits per heavy atom. The summed E-state index contributed by atoms with van der Waals surface area (Å²) in [6, 6.07) is 5.43. The summed E-state index contributed by atoms with van der Waals surface area (Å²) >= 11 is 17.8. The first kappa shape index (κ1) is 34.0. The van der Waals surface area contributed by atoms with Gasteiger partial charge in [0.15, 0.2) is 32.9 Å². The molecule has 42 heavy (non-hydrogen) atoms. The molecule has 14 heteroatoms. The smallest absolute Gasteiger partial charge is 0.341 e. The molecule has 0 radical (unpaired) electrons. The van der Waals surface area contributed by atoms with Crippen LogP contribution in [0.1, 0.15) is 58.4 Å². The van der Waals surface area contributed by atoms with Gasteiger partial charge >= 0.3 is 5.97 Å². The number of carboxylic acids is 1. The van der Waals surface area contributed by atoms with E-state index in [2.05, 4.69) is 0 Å². The summed E-state index contributed by atoms with van der Waals surface area (Å²) in [7, 11) is -2.30. The molecule has 2 aromatic rings. The van der Waals surface area contributed by atoms with E-state index in [1.54, 1.807) is 0 Å². The topological polar surface area (TPSA) is 150 Å². The number of ether oxygens (including phenoxy) is 3. The van der Waals surface area contributed by atoms with Gasteiger partial charge in [-0.05, 0) is 43.5 Å². The Balaban J connectivity index is 0.000000312. The second-order valence-electron chi connectivity index (χ2n) is 9.65. The third-order valence-electron chi connectivity index (χ3n) is 6.67. The van der Waals surface area contributed by atoms with Gasteiger partial charge in [0.25, 0.3) is 0 Å². The number of aromatic carboxylic acids is 1. The maximum atomic E-state index is 12.9. The van der Waals surface area contributed by atoms with Crippen molar-refractivity contribution in [2.24, 2.45) is 5.92 Å². The van der Waals surface area contributed by atoms with Crippen molar-refractivity contribution in [1.29, 1.82) is 0 Å². The van der Waals surface area contributed by atoms with Crippen LogP contribution < -0.4 is 4.74 Å². The van der Waals surface area contributed by atoms with Crippen molar-refractivity contribution < 1.29 is 46.9 Å². The predicted molar refractivity (Wildman–Crippen MR) is 155 cm³/mol. The number of carbonyl (C=O) groups excluding carboxylic acids is 3. The number of sulfone groups is 1. The molecule has 1 atom stereocenters. The number of hydrogen-bond donors (Lipinski definition) is 1. The van der Waals surface area contributed by atoms with Gasteiger partial charge in [-0.1, -0.05) is 34.8 Å². The van der Waals surface area contributed by atoms with E-state index >= 15 is 0 Å². The summed E-state index contributed by atoms with van der Waals surface area (Å²) < 4.78 is 40.3. The Kier molecular flexibility index (Phi) is 11.9. The molecule has 2 fully saturated rings. The number of hydrogen-bond acceptors (Lipinski definition) is 9. The normalized spacial score (nSPS) is 17.5. The fourth-order valence-electron chi connectivity index (χ4n) is 4.63. The van der Waals surface area contributed by atoms with Crippen LogP contribution in [-0.4, -0.2) is 69.5 Å². The first-order valence-electron chi connectivity index (χ1n) is 12.8. The third-order valence-corrected chi connectivity index (χ3v) is 8.89. The van der Waals surface area contributed by atoms with Gasteiger partial charge in [0, 0.05) is 36.8 Å². The third kappa shape index (κ3) is 8.09. The minimum absolute atomic E-state index is 0.0385. The molecule has 1 saturated heterocycles. The molecule has 1 aliphatic heterocycles. The molecule has 1 aliphatic carbocycles. The van der Waals surface area contributed by atoms with Crippen LogP contribution in [0.2, 0.25) is 15.1 Å². The van der Waals surface area contributed by atoms with Gasteiger partial charge in [0.1, 0.15) is 11.5 Å². The molecule has 2 aromatic carbocycles. The van der Waals surface area contributed by atoms with Gasteiger partial charge in [-0.15, -0.1) is 0 Å². The van der Waals surface area contributed by atoms with Crippen LogP contribution in [0.25, 0.3) is 0 Å². The van der Waals surface area contributed by atoms with Gasteiger partial charge in [-0.3, -0.25) is 14.4 Å². The molecule has 1 N–H and O–H groups in total. The molecule has 1 saturated carbocycles. The highest BCUT2D eigenvalue weighted by atomic mass is 35.5. The van der Waals surface area contributed by atoms with Gasteiger partial charge < -0.3 is 19.3 Å². The first-order valence-corrected chi connectivity index (χ1v) is 15.9. The molecule has 0 amide bonds. The second-order valence-corrected chi connectivity index (χ2v) is 12.8. The van der Waals surface area contributed by atoms with Gasteiger partial charge in [0.05, 0.1) is 46.4 Å². The molecule has 1 heterocycles. The van der Waals surface area contributed by atoms with E-state index in [0.29, 0.717) is 13.0 Å². The van der Waals surface area contributed by atoms with E-state index < -0.39 is 39.1 Å². The van der Waals surface area contributed by atoms with E-state index in [9.17, 15) is 27.6 Å². The minimum atomic E-state index is -3.64. The lowest BCUT2D eigenvalue weighted by Crippen LogP contribution is -2.35. The average molecular weight is 664 g/mol. The van der Waals surface area contributed by atoms with Crippen molar-refractivity contribution in [2.45, 2.75) is 49.7 Å². The van der Waals surface area contributed by atoms with Crippen LogP contribution in [0.3, 0.4) is 0 Å². The molecular formula is C28H29Cl3O10S. The van der Waals surface area contributed by atoms with Crippen molar-refractivity contribution in [3.05, 3.63) is 56.0 Å². The summed E-state index contributed by atoms with van der Waals surface area (Å²) in [5, 5.41) is 9.01. The van der Waals surface area contributed by atoms with E-state index in [1.807, 2.05) is 0 Å². The molecular weight excluding hydrogens is 635 g/mol. The summed E-state index contributed by atoms with van der Waals surface area (Å²) in [5.41, 5.74) is -0.00577. The molecule has 228 valence electrons. The van der Waals surface area contributed by atoms with Crippen LogP contribution in [0.5, 0.6) is 5.75 Å². The number of benzene rings is 2. The number of halogens is 3. The van der Waals surface area contributed by atoms with Gasteiger partial charge in [-0.2, -0.15) is 0 Å². The molecule has 0 aromatic heterocycles. The number of ketones is 3. The Labute approximate surface area is 258 Å². The maximum Gasteiger partial charge on any atom is 0.341 e. The van der Waals surface area contributed by atoms with Crippen LogP contribution in [-0.2, 0) is 35.5 Å². The molecule has 2 aliphatic rings. The Morgan fingerprint density at radius 3 is 2.19 bits per heavy atom. The predicted octanol–water partition coefficient (Wildman–Crippen LogP) is 5.26. The van der Waals surface area contributed by atoms with Crippen molar-refractivity contribution in [3.8, 4) is 5.75 Å². The highest BCUT2D eigenvalue weighted by Crippen LogP contribution is 2.34. The van der Waals surface area contributed by atoms with Crippen molar-refractivity contribution in [1.82, 2.24) is 0 Å². The number of rotatable bonds is 9. The van der Waals surface area contributed by atoms with Crippen molar-refractivity contribution >= 4 is 68.0 Å². The lowest BCUT2D eigenvalue weighted by atomic mass is 9.81. The summed E-state index contributed by atoms with van der Waals surface area (Å²) in [6.45, 7) is 0.808. The van der Waals surface area contributed by atoms with Crippen LogP contribution in [0.4, 0.5) is 0 Å². The van der Waals surface area contributed by atoms with E-state index in [-0.39, 0.29) is 74.6 Å². The summed E-state index contributed by atoms with van der Waals surface area (Å²) in [4.78, 5) is 47.9. The highest BCUT2D eigenvalue weighted by Gasteiger charge is 2.38. The quantitative estimate of drug-likeness (QED) is 0.278. The van der Waals surface area contributed by atoms with Crippen molar-refractivity contribution in [3.63, 3.8) is 0 Å². The molecule has 1 unspecified atom stereocenters. The fraction of sp³-hybridized carbons (Fsp3) is 0.429. The standard InChI is InChI=1S/C20H23ClO7S.C8H6Cl2O3/c1-29(25,26)17-8-7-13(20(24)18-15(22)5-2-6-16(18)23)19(21)14(17)11-27-10-12-4-3-9-28-12;1-13-7-5(10)3-2-4(9)6(7)8(11)12/h7-8,12,18H,2-6,9-11H2,1H3;2-3H,1H3,(H,11,12). The SMILES string of the molecule is COc1c(Cl)ccc(Cl)c1C(=O)O.CS(=O)(=O)c1ccc(C(=O)C2C(=O)CCCC2=O)c(Cl)c1COCC1CCCO1. The molecule has 10 nitrogen and oxygen atoms in total. The summed E-state index contributed by atoms with van der Waals surface area (Å²) in [6.07, 6.45) is 3.55. The molecule has 0 spiro atoms. The Bertz CT molecular complexity index is 1470. The summed E-state index contributed by atoms with van der Waals surface area (Å²) in [5.74, 6) is -3.99. The van der Waals surface area contributed by atoms with Crippen LogP contribution in [0, 0.1) is 5.92 Å². The van der Waals surface area contributed by atoms with E-state index in [1.165, 1.54) is 31.4 Å². The number of carboxylic acid groups (broad SMARTS) is 1. The molecule has 0 bridgehead atoms. The van der Waals surface area contributed by atoms with E-state index in [4.69, 9.17) is 54.1 Å². The maximum absolute atomic E-state index is 12.9. The lowest BCUT2D eigenvalue weighted by molar-refractivity contribution is -0.133. The number of methoxy groups -OCH3 is 1. The molecule has 4 rings (SSSR count). The second kappa shape index (κ2) is 14.8. The van der Waals surface area contributed by atoms with Crippen LogP contribution in [0.15, 0.2) is 29.2 Å². The van der Waals surface area contributed by atoms with Crippen molar-refractivity contribution in [2.75, 3.05) is 26.6 Å². The zero-order valence-corrected chi connectivity index (χ0v) is 25.9. The average Bonchev–Trinajstić information content (AvgIpc) is 3.43. The first-order chi connectivity index (χ1) is 19.8. The highest BCUT2D eigenvalue weighted by molar-refractivity contribution is 7.90.